The van der Waals surface area contributed by atoms with Gasteiger partial charge in [0.05, 0.1) is 16.4 Å². The molecule has 0 aliphatic heterocycles. The normalized spacial score (nSPS) is 12.2. The van der Waals surface area contributed by atoms with Gasteiger partial charge in [0, 0.05) is 0 Å². The van der Waals surface area contributed by atoms with E-state index >= 15 is 0 Å². The summed E-state index contributed by atoms with van der Waals surface area (Å²) in [5.74, 6) is 0. The summed E-state index contributed by atoms with van der Waals surface area (Å²) < 4.78 is 39.9. The first-order valence-electron chi connectivity index (χ1n) is 5.03. The number of nitrogens with zero attached hydrogens (tertiary/aromatic N) is 3. The van der Waals surface area contributed by atoms with E-state index in [-0.39, 0.29) is 5.13 Å². The van der Waals surface area contributed by atoms with Gasteiger partial charge in [0.25, 0.3) is 0 Å². The maximum absolute atomic E-state index is 12.7. The molecule has 0 saturated carbocycles. The number of aromatic nitrogens is 3. The van der Waals surface area contributed by atoms with Crippen LogP contribution in [-0.4, -0.2) is 14.8 Å². The van der Waals surface area contributed by atoms with Gasteiger partial charge in [-0.1, -0.05) is 23.5 Å². The molecule has 0 fully saturated rings. The van der Waals surface area contributed by atoms with E-state index in [1.807, 2.05) is 12.1 Å². The first kappa shape index (κ1) is 11.2. The average molecular weight is 269 g/mol. The molecule has 0 amide bonds. The molecular formula is C11H6F3N3S. The Bertz CT molecular complexity index is 666. The summed E-state index contributed by atoms with van der Waals surface area (Å²) in [4.78, 5) is 4.15. The summed E-state index contributed by atoms with van der Waals surface area (Å²) in [6.45, 7) is 0. The second-order valence-electron chi connectivity index (χ2n) is 3.59. The zero-order valence-corrected chi connectivity index (χ0v) is 9.66. The van der Waals surface area contributed by atoms with Gasteiger partial charge in [0.1, 0.15) is 0 Å². The second kappa shape index (κ2) is 3.81. The van der Waals surface area contributed by atoms with E-state index in [1.165, 1.54) is 11.3 Å². The first-order chi connectivity index (χ1) is 8.55. The van der Waals surface area contributed by atoms with Crippen LogP contribution in [0.1, 0.15) is 5.69 Å². The van der Waals surface area contributed by atoms with Crippen LogP contribution in [0.4, 0.5) is 13.2 Å². The quantitative estimate of drug-likeness (QED) is 0.677. The molecule has 0 bridgehead atoms. The van der Waals surface area contributed by atoms with Gasteiger partial charge in [-0.2, -0.15) is 18.3 Å². The van der Waals surface area contributed by atoms with Gasteiger partial charge in [0.15, 0.2) is 5.69 Å². The van der Waals surface area contributed by atoms with Crippen molar-refractivity contribution in [2.75, 3.05) is 0 Å². The van der Waals surface area contributed by atoms with Gasteiger partial charge >= 0.3 is 6.18 Å². The van der Waals surface area contributed by atoms with Gasteiger partial charge in [-0.3, -0.25) is 0 Å². The number of hydrogen-bond acceptors (Lipinski definition) is 3. The molecule has 3 nitrogen and oxygen atoms in total. The Hall–Kier alpha value is -1.89. The lowest BCUT2D eigenvalue weighted by Crippen LogP contribution is -2.12. The van der Waals surface area contributed by atoms with E-state index in [4.69, 9.17) is 0 Å². The summed E-state index contributed by atoms with van der Waals surface area (Å²) in [6, 6.07) is 8.11. The summed E-state index contributed by atoms with van der Waals surface area (Å²) >= 11 is 1.17. The van der Waals surface area contributed by atoms with E-state index in [0.29, 0.717) is 5.52 Å². The van der Waals surface area contributed by atoms with Crippen molar-refractivity contribution < 1.29 is 13.2 Å². The minimum Gasteiger partial charge on any atom is -0.218 e. The Labute approximate surface area is 103 Å². The Morgan fingerprint density at radius 1 is 1.11 bits per heavy atom. The predicted octanol–water partition coefficient (Wildman–Crippen LogP) is 3.50. The average Bonchev–Trinajstić information content (AvgIpc) is 2.94. The van der Waals surface area contributed by atoms with Gasteiger partial charge in [-0.05, 0) is 18.2 Å². The summed E-state index contributed by atoms with van der Waals surface area (Å²) in [6.07, 6.45) is -3.32. The maximum atomic E-state index is 12.7. The van der Waals surface area contributed by atoms with Crippen molar-refractivity contribution in [1.82, 2.24) is 14.8 Å². The van der Waals surface area contributed by atoms with Crippen LogP contribution in [0.5, 0.6) is 0 Å². The molecule has 0 unspecified atom stereocenters. The Morgan fingerprint density at radius 2 is 1.89 bits per heavy atom. The number of fused-ring (bicyclic) bond motifs is 1. The zero-order valence-electron chi connectivity index (χ0n) is 8.85. The fraction of sp³-hybridized carbons (Fsp3) is 0.0909. The third-order valence-electron chi connectivity index (χ3n) is 2.40. The van der Waals surface area contributed by atoms with Crippen LogP contribution in [-0.2, 0) is 6.18 Å². The lowest BCUT2D eigenvalue weighted by atomic mass is 10.3. The molecule has 2 heterocycles. The van der Waals surface area contributed by atoms with Crippen LogP contribution in [0.15, 0.2) is 36.5 Å². The van der Waals surface area contributed by atoms with Crippen LogP contribution >= 0.6 is 11.3 Å². The minimum atomic E-state index is -4.44. The molecule has 1 aromatic carbocycles. The molecule has 0 aliphatic rings. The highest BCUT2D eigenvalue weighted by molar-refractivity contribution is 7.20. The van der Waals surface area contributed by atoms with Crippen molar-refractivity contribution in [2.24, 2.45) is 0 Å². The van der Waals surface area contributed by atoms with Crippen molar-refractivity contribution in [3.63, 3.8) is 0 Å². The van der Waals surface area contributed by atoms with E-state index in [1.54, 1.807) is 12.1 Å². The first-order valence-corrected chi connectivity index (χ1v) is 5.84. The predicted molar refractivity (Wildman–Crippen MR) is 61.7 cm³/mol. The molecular weight excluding hydrogens is 263 g/mol. The fourth-order valence-corrected chi connectivity index (χ4v) is 2.56. The fourth-order valence-electron chi connectivity index (χ4n) is 1.62. The van der Waals surface area contributed by atoms with E-state index < -0.39 is 11.9 Å². The van der Waals surface area contributed by atoms with Gasteiger partial charge in [-0.15, -0.1) is 0 Å². The molecule has 0 atom stereocenters. The molecule has 2 aromatic heterocycles. The monoisotopic (exact) mass is 269 g/mol. The molecule has 18 heavy (non-hydrogen) atoms. The second-order valence-corrected chi connectivity index (χ2v) is 4.60. The molecule has 92 valence electrons. The standard InChI is InChI=1S/C11H6F3N3S/c12-11(13,14)9-5-6-15-17(9)10-16-7-3-1-2-4-8(7)18-10/h1-6H. The molecule has 7 heteroatoms. The third kappa shape index (κ3) is 1.76. The molecule has 0 aliphatic carbocycles. The van der Waals surface area contributed by atoms with Gasteiger partial charge in [0.2, 0.25) is 5.13 Å². The number of thiazole rings is 1. The molecule has 0 radical (unpaired) electrons. The van der Waals surface area contributed by atoms with Crippen LogP contribution in [0.25, 0.3) is 15.3 Å². The number of halogens is 3. The largest absolute Gasteiger partial charge is 0.433 e. The topological polar surface area (TPSA) is 30.7 Å². The van der Waals surface area contributed by atoms with Crippen molar-refractivity contribution in [1.29, 1.82) is 0 Å². The molecule has 0 spiro atoms. The third-order valence-corrected chi connectivity index (χ3v) is 3.41. The SMILES string of the molecule is FC(F)(F)c1ccnn1-c1nc2ccccc2s1. The smallest absolute Gasteiger partial charge is 0.218 e. The highest BCUT2D eigenvalue weighted by Gasteiger charge is 2.35. The Morgan fingerprint density at radius 3 is 2.61 bits per heavy atom. The zero-order chi connectivity index (χ0) is 12.8. The van der Waals surface area contributed by atoms with Crippen molar-refractivity contribution in [2.45, 2.75) is 6.18 Å². The number of para-hydroxylation sites is 1. The minimum absolute atomic E-state index is 0.216. The van der Waals surface area contributed by atoms with E-state index in [2.05, 4.69) is 10.1 Å². The lowest BCUT2D eigenvalue weighted by molar-refractivity contribution is -0.142. The van der Waals surface area contributed by atoms with Crippen molar-refractivity contribution in [3.8, 4) is 5.13 Å². The Kier molecular flexibility index (Phi) is 2.37. The van der Waals surface area contributed by atoms with Crippen LogP contribution in [0, 0.1) is 0 Å². The number of alkyl halides is 3. The number of hydrogen-bond donors (Lipinski definition) is 0. The number of benzene rings is 1. The van der Waals surface area contributed by atoms with Crippen molar-refractivity contribution >= 4 is 21.6 Å². The van der Waals surface area contributed by atoms with Crippen LogP contribution < -0.4 is 0 Å². The van der Waals surface area contributed by atoms with E-state index in [9.17, 15) is 13.2 Å². The highest BCUT2D eigenvalue weighted by atomic mass is 32.1. The van der Waals surface area contributed by atoms with Crippen LogP contribution in [0.3, 0.4) is 0 Å². The van der Waals surface area contributed by atoms with E-state index in [0.717, 1.165) is 21.6 Å². The summed E-state index contributed by atoms with van der Waals surface area (Å²) in [5, 5.41) is 3.91. The molecule has 0 saturated heterocycles. The Balaban J connectivity index is 2.18. The van der Waals surface area contributed by atoms with Crippen molar-refractivity contribution in [3.05, 3.63) is 42.2 Å². The number of rotatable bonds is 1. The summed E-state index contributed by atoms with van der Waals surface area (Å²) in [5.41, 5.74) is -0.150. The highest BCUT2D eigenvalue weighted by Crippen LogP contribution is 2.32. The maximum Gasteiger partial charge on any atom is 0.433 e. The summed E-state index contributed by atoms with van der Waals surface area (Å²) in [7, 11) is 0. The molecule has 0 N–H and O–H groups in total. The van der Waals surface area contributed by atoms with Crippen LogP contribution in [0.2, 0.25) is 0 Å². The van der Waals surface area contributed by atoms with Gasteiger partial charge < -0.3 is 0 Å². The molecule has 3 rings (SSSR count). The van der Waals surface area contributed by atoms with Gasteiger partial charge in [-0.25, -0.2) is 9.67 Å². The molecule has 3 aromatic rings. The lowest BCUT2D eigenvalue weighted by Gasteiger charge is -2.06.